The maximum atomic E-state index is 13.5. The Morgan fingerprint density at radius 3 is 2.17 bits per heavy atom. The molecule has 0 bridgehead atoms. The Kier molecular flexibility index (Phi) is 9.41. The first-order valence-corrected chi connectivity index (χ1v) is 12.7. The van der Waals surface area contributed by atoms with E-state index in [2.05, 4.69) is 15.3 Å². The fourth-order valence-electron chi connectivity index (χ4n) is 3.74. The lowest BCUT2D eigenvalue weighted by molar-refractivity contribution is -0.137. The van der Waals surface area contributed by atoms with E-state index < -0.39 is 6.04 Å². The molecule has 1 unspecified atom stereocenters. The largest absolute Gasteiger partial charge is 0.378 e. The summed E-state index contributed by atoms with van der Waals surface area (Å²) in [5, 5.41) is 3.45. The minimum atomic E-state index is -0.711. The van der Waals surface area contributed by atoms with Gasteiger partial charge in [-0.3, -0.25) is 9.59 Å². The van der Waals surface area contributed by atoms with E-state index in [1.807, 2.05) is 70.1 Å². The number of carbonyl (C=O) groups is 2. The van der Waals surface area contributed by atoms with Gasteiger partial charge in [0.15, 0.2) is 5.16 Å². The SMILES string of the molecule is CCC(C(=O)Nc1ccc(N(C)C)cc1)N(Cc1ccc(F)cc1)C(=O)CSc1nc(C)cc(C)n1. The van der Waals surface area contributed by atoms with Crippen LogP contribution in [0.3, 0.4) is 0 Å². The summed E-state index contributed by atoms with van der Waals surface area (Å²) in [6, 6.07) is 14.6. The van der Waals surface area contributed by atoms with Crippen LogP contribution in [0.1, 0.15) is 30.3 Å². The van der Waals surface area contributed by atoms with E-state index in [1.54, 1.807) is 17.0 Å². The first-order valence-electron chi connectivity index (χ1n) is 11.7. The Balaban J connectivity index is 1.80. The van der Waals surface area contributed by atoms with Crippen LogP contribution in [-0.2, 0) is 16.1 Å². The number of benzene rings is 2. The second-order valence-corrected chi connectivity index (χ2v) is 9.67. The molecule has 1 atom stereocenters. The van der Waals surface area contributed by atoms with Crippen molar-refractivity contribution in [2.24, 2.45) is 0 Å². The summed E-state index contributed by atoms with van der Waals surface area (Å²) in [5.41, 5.74) is 4.05. The number of rotatable bonds is 10. The van der Waals surface area contributed by atoms with Gasteiger partial charge in [0.1, 0.15) is 11.9 Å². The van der Waals surface area contributed by atoms with Crippen LogP contribution < -0.4 is 10.2 Å². The molecular formula is C27H32FN5O2S. The lowest BCUT2D eigenvalue weighted by Crippen LogP contribution is -2.47. The van der Waals surface area contributed by atoms with Crippen LogP contribution in [0.15, 0.2) is 59.8 Å². The number of nitrogens with one attached hydrogen (secondary N) is 1. The van der Waals surface area contributed by atoms with Gasteiger partial charge in [-0.1, -0.05) is 30.8 Å². The zero-order chi connectivity index (χ0) is 26.2. The first kappa shape index (κ1) is 27.1. The molecule has 190 valence electrons. The van der Waals surface area contributed by atoms with Crippen molar-refractivity contribution in [1.29, 1.82) is 0 Å². The van der Waals surface area contributed by atoms with Gasteiger partial charge in [0.05, 0.1) is 5.75 Å². The number of anilines is 2. The number of hydrogen-bond donors (Lipinski definition) is 1. The van der Waals surface area contributed by atoms with Gasteiger partial charge in [0.2, 0.25) is 11.8 Å². The molecule has 0 radical (unpaired) electrons. The zero-order valence-electron chi connectivity index (χ0n) is 21.3. The Hall–Kier alpha value is -3.46. The number of amides is 2. The molecule has 9 heteroatoms. The summed E-state index contributed by atoms with van der Waals surface area (Å²) in [5.74, 6) is -0.786. The third-order valence-electron chi connectivity index (χ3n) is 5.59. The summed E-state index contributed by atoms with van der Waals surface area (Å²) in [7, 11) is 3.89. The maximum Gasteiger partial charge on any atom is 0.247 e. The molecule has 0 aliphatic carbocycles. The van der Waals surface area contributed by atoms with Gasteiger partial charge in [-0.15, -0.1) is 0 Å². The molecule has 1 N–H and O–H groups in total. The number of carbonyl (C=O) groups excluding carboxylic acids is 2. The molecule has 0 aliphatic heterocycles. The first-order chi connectivity index (χ1) is 17.2. The number of aryl methyl sites for hydroxylation is 2. The highest BCUT2D eigenvalue weighted by molar-refractivity contribution is 7.99. The van der Waals surface area contributed by atoms with Crippen LogP contribution in [0.25, 0.3) is 0 Å². The van der Waals surface area contributed by atoms with Crippen molar-refractivity contribution in [3.63, 3.8) is 0 Å². The van der Waals surface area contributed by atoms with E-state index in [0.29, 0.717) is 17.3 Å². The quantitative estimate of drug-likeness (QED) is 0.311. The summed E-state index contributed by atoms with van der Waals surface area (Å²) in [6.45, 7) is 5.80. The normalized spacial score (nSPS) is 11.6. The van der Waals surface area contributed by atoms with E-state index >= 15 is 0 Å². The van der Waals surface area contributed by atoms with Crippen LogP contribution in [0.2, 0.25) is 0 Å². The molecule has 0 saturated carbocycles. The number of halogens is 1. The van der Waals surface area contributed by atoms with Crippen LogP contribution in [0.5, 0.6) is 0 Å². The number of aromatic nitrogens is 2. The Bertz CT molecular complexity index is 1170. The van der Waals surface area contributed by atoms with Gasteiger partial charge in [-0.25, -0.2) is 14.4 Å². The molecule has 1 heterocycles. The topological polar surface area (TPSA) is 78.4 Å². The number of hydrogen-bond acceptors (Lipinski definition) is 6. The molecule has 3 aromatic rings. The zero-order valence-corrected chi connectivity index (χ0v) is 22.1. The lowest BCUT2D eigenvalue weighted by Gasteiger charge is -2.30. The van der Waals surface area contributed by atoms with E-state index in [0.717, 1.165) is 22.6 Å². The van der Waals surface area contributed by atoms with Crippen molar-refractivity contribution in [2.75, 3.05) is 30.1 Å². The van der Waals surface area contributed by atoms with Crippen LogP contribution in [0.4, 0.5) is 15.8 Å². The fourth-order valence-corrected chi connectivity index (χ4v) is 4.58. The minimum absolute atomic E-state index is 0.0748. The standard InChI is InChI=1S/C27H32FN5O2S/c1-6-24(26(35)31-22-11-13-23(14-12-22)32(4)5)33(16-20-7-9-21(28)10-8-20)25(34)17-36-27-29-18(2)15-19(3)30-27/h7-15,24H,6,16-17H2,1-5H3,(H,31,35). The molecule has 36 heavy (non-hydrogen) atoms. The monoisotopic (exact) mass is 509 g/mol. The van der Waals surface area contributed by atoms with E-state index in [-0.39, 0.29) is 29.9 Å². The molecule has 3 rings (SSSR count). The molecule has 7 nitrogen and oxygen atoms in total. The van der Waals surface area contributed by atoms with E-state index in [1.165, 1.54) is 23.9 Å². The summed E-state index contributed by atoms with van der Waals surface area (Å²) >= 11 is 1.24. The van der Waals surface area contributed by atoms with E-state index in [9.17, 15) is 14.0 Å². The highest BCUT2D eigenvalue weighted by Crippen LogP contribution is 2.21. The Morgan fingerprint density at radius 2 is 1.61 bits per heavy atom. The van der Waals surface area contributed by atoms with Gasteiger partial charge in [0, 0.05) is 43.4 Å². The lowest BCUT2D eigenvalue weighted by atomic mass is 10.1. The molecule has 2 amide bonds. The summed E-state index contributed by atoms with van der Waals surface area (Å²) in [4.78, 5) is 39.0. The van der Waals surface area contributed by atoms with Gasteiger partial charge in [-0.2, -0.15) is 0 Å². The fraction of sp³-hybridized carbons (Fsp3) is 0.333. The van der Waals surface area contributed by atoms with Crippen LogP contribution in [-0.4, -0.2) is 52.6 Å². The smallest absolute Gasteiger partial charge is 0.247 e. The average Bonchev–Trinajstić information content (AvgIpc) is 2.83. The predicted molar refractivity (Wildman–Crippen MR) is 143 cm³/mol. The van der Waals surface area contributed by atoms with Crippen molar-refractivity contribution in [3.8, 4) is 0 Å². The van der Waals surface area contributed by atoms with Crippen LogP contribution in [0, 0.1) is 19.7 Å². The van der Waals surface area contributed by atoms with Crippen molar-refractivity contribution in [3.05, 3.63) is 77.4 Å². The van der Waals surface area contributed by atoms with Crippen molar-refractivity contribution in [1.82, 2.24) is 14.9 Å². The molecular weight excluding hydrogens is 477 g/mol. The minimum Gasteiger partial charge on any atom is -0.378 e. The highest BCUT2D eigenvalue weighted by Gasteiger charge is 2.29. The molecule has 0 saturated heterocycles. The average molecular weight is 510 g/mol. The summed E-state index contributed by atoms with van der Waals surface area (Å²) in [6.07, 6.45) is 0.416. The van der Waals surface area contributed by atoms with Crippen molar-refractivity contribution in [2.45, 2.75) is 44.9 Å². The third kappa shape index (κ3) is 7.52. The second-order valence-electron chi connectivity index (χ2n) is 8.72. The second kappa shape index (κ2) is 12.5. The third-order valence-corrected chi connectivity index (χ3v) is 6.42. The van der Waals surface area contributed by atoms with Gasteiger partial charge < -0.3 is 15.1 Å². The molecule has 0 spiro atoms. The van der Waals surface area contributed by atoms with Gasteiger partial charge in [-0.05, 0) is 68.3 Å². The summed E-state index contributed by atoms with van der Waals surface area (Å²) < 4.78 is 13.5. The molecule has 1 aromatic heterocycles. The van der Waals surface area contributed by atoms with E-state index in [4.69, 9.17) is 0 Å². The Labute approximate surface area is 216 Å². The van der Waals surface area contributed by atoms with Crippen molar-refractivity contribution >= 4 is 35.0 Å². The van der Waals surface area contributed by atoms with Crippen molar-refractivity contribution < 1.29 is 14.0 Å². The number of thioether (sulfide) groups is 1. The highest BCUT2D eigenvalue weighted by atomic mass is 32.2. The molecule has 0 fully saturated rings. The van der Waals surface area contributed by atoms with Gasteiger partial charge >= 0.3 is 0 Å². The molecule has 0 aliphatic rings. The number of nitrogens with zero attached hydrogens (tertiary/aromatic N) is 4. The Morgan fingerprint density at radius 1 is 1.00 bits per heavy atom. The maximum absolute atomic E-state index is 13.5. The van der Waals surface area contributed by atoms with Crippen LogP contribution >= 0.6 is 11.8 Å². The van der Waals surface area contributed by atoms with Gasteiger partial charge in [0.25, 0.3) is 0 Å². The molecule has 2 aromatic carbocycles. The predicted octanol–water partition coefficient (Wildman–Crippen LogP) is 4.84.